The van der Waals surface area contributed by atoms with Crippen molar-refractivity contribution < 1.29 is 8.42 Å². The summed E-state index contributed by atoms with van der Waals surface area (Å²) in [5, 5.41) is 4.37. The first-order valence-electron chi connectivity index (χ1n) is 12.0. The monoisotopic (exact) mass is 500 g/mol. The Balaban J connectivity index is 1.63. The molecule has 0 atom stereocenters. The summed E-state index contributed by atoms with van der Waals surface area (Å²) in [5.74, 6) is 0.302. The Hall–Kier alpha value is -2.76. The molecule has 11 heteroatoms. The van der Waals surface area contributed by atoms with Crippen LogP contribution in [0.5, 0.6) is 0 Å². The Kier molecular flexibility index (Phi) is 5.97. The van der Waals surface area contributed by atoms with Crippen LogP contribution in [0.2, 0.25) is 0 Å². The molecule has 2 fully saturated rings. The first kappa shape index (κ1) is 24.0. The third-order valence-electron chi connectivity index (χ3n) is 7.27. The molecule has 1 N–H and O–H groups in total. The van der Waals surface area contributed by atoms with Crippen LogP contribution in [0.4, 0.5) is 0 Å². The van der Waals surface area contributed by atoms with Crippen LogP contribution in [-0.4, -0.2) is 57.9 Å². The number of benzene rings is 1. The third kappa shape index (κ3) is 4.85. The van der Waals surface area contributed by atoms with Gasteiger partial charge in [-0.1, -0.05) is 0 Å². The van der Waals surface area contributed by atoms with Gasteiger partial charge < -0.3 is 4.90 Å². The van der Waals surface area contributed by atoms with Crippen molar-refractivity contribution >= 4 is 20.9 Å². The lowest BCUT2D eigenvalue weighted by Crippen LogP contribution is -2.42. The van der Waals surface area contributed by atoms with Crippen LogP contribution < -0.4 is 16.0 Å². The lowest BCUT2D eigenvalue weighted by atomic mass is 9.97. The van der Waals surface area contributed by atoms with E-state index in [4.69, 9.17) is 0 Å². The predicted octanol–water partition coefficient (Wildman–Crippen LogP) is 1.12. The second-order valence-electron chi connectivity index (χ2n) is 10.4. The van der Waals surface area contributed by atoms with Crippen LogP contribution in [0.1, 0.15) is 38.2 Å². The Morgan fingerprint density at radius 2 is 1.83 bits per heavy atom. The number of nitrogens with zero attached hydrogens (tertiary/aromatic N) is 5. The van der Waals surface area contributed by atoms with Gasteiger partial charge in [-0.15, -0.1) is 0 Å². The fourth-order valence-electron chi connectivity index (χ4n) is 4.80. The molecule has 3 heterocycles. The average Bonchev–Trinajstić information content (AvgIpc) is 3.38. The maximum absolute atomic E-state index is 13.6. The smallest absolute Gasteiger partial charge is 0.306 e. The molecule has 5 rings (SSSR count). The van der Waals surface area contributed by atoms with E-state index in [1.807, 2.05) is 6.92 Å². The highest BCUT2D eigenvalue weighted by Gasteiger charge is 2.41. The molecular formula is C24H32N6O4S. The fraction of sp³-hybridized carbons (Fsp3) is 0.542. The maximum Gasteiger partial charge on any atom is 0.331 e. The number of rotatable bonds is 7. The van der Waals surface area contributed by atoms with Crippen molar-refractivity contribution in [2.24, 2.45) is 13.0 Å². The van der Waals surface area contributed by atoms with E-state index in [0.717, 1.165) is 44.3 Å². The van der Waals surface area contributed by atoms with E-state index in [9.17, 15) is 18.0 Å². The number of fused-ring (bicyclic) bond motifs is 1. The first-order chi connectivity index (χ1) is 16.5. The molecule has 1 aliphatic carbocycles. The summed E-state index contributed by atoms with van der Waals surface area (Å²) in [7, 11) is 0.0678. The molecule has 0 radical (unpaired) electrons. The van der Waals surface area contributed by atoms with Crippen molar-refractivity contribution in [3.05, 3.63) is 57.0 Å². The molecule has 2 aromatic heterocycles. The summed E-state index contributed by atoms with van der Waals surface area (Å²) in [6, 6.07) is 4.51. The van der Waals surface area contributed by atoms with Gasteiger partial charge in [0.1, 0.15) is 0 Å². The highest BCUT2D eigenvalue weighted by atomic mass is 32.2. The zero-order valence-electron chi connectivity index (χ0n) is 20.4. The Labute approximate surface area is 204 Å². The van der Waals surface area contributed by atoms with Gasteiger partial charge in [0.25, 0.3) is 5.56 Å². The third-order valence-corrected chi connectivity index (χ3v) is 8.90. The van der Waals surface area contributed by atoms with E-state index in [2.05, 4.69) is 21.8 Å². The average molecular weight is 501 g/mol. The van der Waals surface area contributed by atoms with Gasteiger partial charge >= 0.3 is 5.69 Å². The molecule has 0 bridgehead atoms. The van der Waals surface area contributed by atoms with E-state index < -0.39 is 21.1 Å². The maximum atomic E-state index is 13.6. The van der Waals surface area contributed by atoms with Crippen molar-refractivity contribution in [2.75, 3.05) is 20.1 Å². The van der Waals surface area contributed by atoms with Crippen LogP contribution in [0, 0.1) is 5.92 Å². The highest BCUT2D eigenvalue weighted by Crippen LogP contribution is 2.36. The van der Waals surface area contributed by atoms with Crippen molar-refractivity contribution in [3.63, 3.8) is 0 Å². The van der Waals surface area contributed by atoms with Gasteiger partial charge in [-0.2, -0.15) is 5.10 Å². The van der Waals surface area contributed by atoms with Gasteiger partial charge in [-0.3, -0.25) is 18.6 Å². The molecule has 0 unspecified atom stereocenters. The van der Waals surface area contributed by atoms with E-state index >= 15 is 0 Å². The summed E-state index contributed by atoms with van der Waals surface area (Å²) < 4.78 is 33.2. The van der Waals surface area contributed by atoms with Gasteiger partial charge in [-0.05, 0) is 76.9 Å². The number of sulfonamides is 1. The van der Waals surface area contributed by atoms with Gasteiger partial charge in [0, 0.05) is 30.9 Å². The van der Waals surface area contributed by atoms with E-state index in [-0.39, 0.29) is 22.5 Å². The minimum Gasteiger partial charge on any atom is -0.306 e. The topological polar surface area (TPSA) is 111 Å². The number of likely N-dealkylation sites (tertiary alicyclic amines) is 1. The number of piperidine rings is 1. The molecule has 3 aromatic rings. The molecule has 10 nitrogen and oxygen atoms in total. The number of aryl methyl sites for hydroxylation is 1. The van der Waals surface area contributed by atoms with Crippen molar-refractivity contribution in [1.29, 1.82) is 0 Å². The quantitative estimate of drug-likeness (QED) is 0.520. The molecule has 35 heavy (non-hydrogen) atoms. The number of aromatic nitrogens is 4. The summed E-state index contributed by atoms with van der Waals surface area (Å²) in [5.41, 5.74) is -0.115. The van der Waals surface area contributed by atoms with Crippen LogP contribution in [0.15, 0.2) is 45.1 Å². The van der Waals surface area contributed by atoms with Crippen molar-refractivity contribution in [2.45, 2.75) is 56.1 Å². The summed E-state index contributed by atoms with van der Waals surface area (Å²) in [6.07, 6.45) is 6.88. The van der Waals surface area contributed by atoms with E-state index in [0.29, 0.717) is 18.0 Å². The largest absolute Gasteiger partial charge is 0.331 e. The van der Waals surface area contributed by atoms with Gasteiger partial charge in [0.2, 0.25) is 10.0 Å². The molecule has 1 saturated heterocycles. The molecule has 0 spiro atoms. The van der Waals surface area contributed by atoms with Crippen molar-refractivity contribution in [1.82, 2.24) is 28.5 Å². The fourth-order valence-corrected chi connectivity index (χ4v) is 6.29. The first-order valence-corrected chi connectivity index (χ1v) is 13.5. The second kappa shape index (κ2) is 8.72. The van der Waals surface area contributed by atoms with Gasteiger partial charge in [-0.25, -0.2) is 17.9 Å². The Morgan fingerprint density at radius 1 is 1.11 bits per heavy atom. The number of hydrogen-bond donors (Lipinski definition) is 1. The summed E-state index contributed by atoms with van der Waals surface area (Å²) >= 11 is 0. The minimum absolute atomic E-state index is 0.0349. The molecule has 0 amide bonds. The normalized spacial score (nSPS) is 18.8. The SMILES string of the molecule is CN1CCC(Cn2c(=O)n(Cc3cnn(C)c3)c(=O)c3cc(S(=O)(=O)NC4(C)CC4)ccc32)CC1. The summed E-state index contributed by atoms with van der Waals surface area (Å²) in [4.78, 5) is 29.4. The number of nitrogens with one attached hydrogen (secondary N) is 1. The number of hydrogen-bond acceptors (Lipinski definition) is 6. The van der Waals surface area contributed by atoms with Crippen LogP contribution >= 0.6 is 0 Å². The van der Waals surface area contributed by atoms with Crippen molar-refractivity contribution in [3.8, 4) is 0 Å². The zero-order valence-corrected chi connectivity index (χ0v) is 21.2. The molecule has 1 aromatic carbocycles. The van der Waals surface area contributed by atoms with Crippen LogP contribution in [-0.2, 0) is 30.2 Å². The summed E-state index contributed by atoms with van der Waals surface area (Å²) in [6.45, 7) is 4.34. The zero-order chi connectivity index (χ0) is 25.0. The Morgan fingerprint density at radius 3 is 2.46 bits per heavy atom. The molecule has 1 saturated carbocycles. The van der Waals surface area contributed by atoms with Crippen LogP contribution in [0.3, 0.4) is 0 Å². The lowest BCUT2D eigenvalue weighted by Gasteiger charge is -2.29. The molecule has 2 aliphatic rings. The van der Waals surface area contributed by atoms with E-state index in [1.54, 1.807) is 34.8 Å². The van der Waals surface area contributed by atoms with Crippen LogP contribution in [0.25, 0.3) is 10.9 Å². The highest BCUT2D eigenvalue weighted by molar-refractivity contribution is 7.89. The van der Waals surface area contributed by atoms with E-state index in [1.165, 1.54) is 16.7 Å². The standard InChI is InChI=1S/C24H32N6O4S/c1-24(8-9-24)26-35(33,34)19-4-5-21-20(12-19)22(31)30(16-18-13-25-28(3)14-18)23(32)29(21)15-17-6-10-27(2)11-7-17/h4-5,12-14,17,26H,6-11,15-16H2,1-3H3. The Bertz CT molecular complexity index is 1490. The predicted molar refractivity (Wildman–Crippen MR) is 133 cm³/mol. The minimum atomic E-state index is -3.79. The second-order valence-corrected chi connectivity index (χ2v) is 12.1. The molecule has 1 aliphatic heterocycles. The molecular weight excluding hydrogens is 468 g/mol. The van der Waals surface area contributed by atoms with Gasteiger partial charge in [0.05, 0.1) is 28.5 Å². The lowest BCUT2D eigenvalue weighted by molar-refractivity contribution is 0.204. The molecule has 188 valence electrons. The van der Waals surface area contributed by atoms with Gasteiger partial charge in [0.15, 0.2) is 0 Å².